The van der Waals surface area contributed by atoms with E-state index in [1.54, 1.807) is 24.3 Å². The van der Waals surface area contributed by atoms with Crippen LogP contribution >= 0.6 is 11.6 Å². The van der Waals surface area contributed by atoms with E-state index >= 15 is 0 Å². The number of sulfonamides is 1. The maximum atomic E-state index is 13.0. The first-order chi connectivity index (χ1) is 13.3. The predicted octanol–water partition coefficient (Wildman–Crippen LogP) is 4.04. The van der Waals surface area contributed by atoms with Gasteiger partial charge in [-0.05, 0) is 54.6 Å². The number of rotatable bonds is 6. The van der Waals surface area contributed by atoms with Crippen molar-refractivity contribution in [3.05, 3.63) is 89.2 Å². The van der Waals surface area contributed by atoms with Gasteiger partial charge in [0.2, 0.25) is 0 Å². The fraction of sp³-hybridized carbons (Fsp3) is 0. The molecule has 0 aliphatic heterocycles. The summed E-state index contributed by atoms with van der Waals surface area (Å²) in [7, 11) is -4.00. The number of para-hydroxylation sites is 1. The summed E-state index contributed by atoms with van der Waals surface area (Å²) in [4.78, 5) is 12.2. The van der Waals surface area contributed by atoms with E-state index in [1.807, 2.05) is 6.07 Å². The molecule has 6 nitrogen and oxygen atoms in total. The third kappa shape index (κ3) is 4.79. The molecule has 0 saturated carbocycles. The summed E-state index contributed by atoms with van der Waals surface area (Å²) in [5.41, 5.74) is 5.99. The molecule has 0 aromatic heterocycles. The summed E-state index contributed by atoms with van der Waals surface area (Å²) in [5, 5.41) is 0.0908. The van der Waals surface area contributed by atoms with Gasteiger partial charge in [0.15, 0.2) is 0 Å². The van der Waals surface area contributed by atoms with Gasteiger partial charge in [-0.25, -0.2) is 12.8 Å². The summed E-state index contributed by atoms with van der Waals surface area (Å²) in [5.74, 6) is -1.09. The quantitative estimate of drug-likeness (QED) is 0.526. The Morgan fingerprint density at radius 3 is 2.25 bits per heavy atom. The number of benzene rings is 3. The lowest BCUT2D eigenvalue weighted by atomic mass is 10.2. The SMILES string of the molecule is O=C(NNc1ccccc1)c1cc(S(=O)(=O)Nc2ccc(F)cc2)ccc1Cl. The van der Waals surface area contributed by atoms with E-state index < -0.39 is 21.7 Å². The van der Waals surface area contributed by atoms with Gasteiger partial charge in [-0.3, -0.25) is 20.4 Å². The Balaban J connectivity index is 1.79. The second-order valence-corrected chi connectivity index (χ2v) is 7.79. The lowest BCUT2D eigenvalue weighted by Gasteiger charge is -2.12. The average Bonchev–Trinajstić information content (AvgIpc) is 2.69. The van der Waals surface area contributed by atoms with Crippen LogP contribution in [0.1, 0.15) is 10.4 Å². The van der Waals surface area contributed by atoms with Crippen molar-refractivity contribution in [1.29, 1.82) is 0 Å². The Labute approximate surface area is 166 Å². The summed E-state index contributed by atoms with van der Waals surface area (Å²) < 4.78 is 40.4. The van der Waals surface area contributed by atoms with Crippen LogP contribution in [0.25, 0.3) is 0 Å². The molecule has 0 atom stereocenters. The van der Waals surface area contributed by atoms with Gasteiger partial charge in [-0.2, -0.15) is 0 Å². The van der Waals surface area contributed by atoms with Crippen LogP contribution in [0.15, 0.2) is 77.7 Å². The Morgan fingerprint density at radius 1 is 0.893 bits per heavy atom. The standard InChI is InChI=1S/C19H15ClFN3O3S/c20-18-11-10-16(28(26,27)24-15-8-6-13(21)7-9-15)12-17(18)19(25)23-22-14-4-2-1-3-5-14/h1-12,22,24H,(H,23,25). The van der Waals surface area contributed by atoms with E-state index in [-0.39, 0.29) is 21.2 Å². The van der Waals surface area contributed by atoms with E-state index in [0.717, 1.165) is 18.2 Å². The summed E-state index contributed by atoms with van der Waals surface area (Å²) in [6.45, 7) is 0. The van der Waals surface area contributed by atoms with Crippen molar-refractivity contribution < 1.29 is 17.6 Å². The molecule has 3 aromatic rings. The van der Waals surface area contributed by atoms with Crippen LogP contribution in [0, 0.1) is 5.82 Å². The first-order valence-electron chi connectivity index (χ1n) is 8.04. The topological polar surface area (TPSA) is 87.3 Å². The molecule has 3 N–H and O–H groups in total. The van der Waals surface area contributed by atoms with Crippen molar-refractivity contribution in [2.75, 3.05) is 10.1 Å². The minimum absolute atomic E-state index is 0.0212. The van der Waals surface area contributed by atoms with Gasteiger partial charge in [0, 0.05) is 5.69 Å². The number of anilines is 2. The lowest BCUT2D eigenvalue weighted by molar-refractivity contribution is 0.0962. The van der Waals surface area contributed by atoms with Gasteiger partial charge < -0.3 is 0 Å². The molecule has 0 bridgehead atoms. The number of carbonyl (C=O) groups excluding carboxylic acids is 1. The highest BCUT2D eigenvalue weighted by molar-refractivity contribution is 7.92. The van der Waals surface area contributed by atoms with Gasteiger partial charge in [0.1, 0.15) is 5.82 Å². The van der Waals surface area contributed by atoms with Crippen LogP contribution in [0.2, 0.25) is 5.02 Å². The minimum atomic E-state index is -4.00. The van der Waals surface area contributed by atoms with Crippen LogP contribution in [0.3, 0.4) is 0 Å². The molecule has 9 heteroatoms. The van der Waals surface area contributed by atoms with E-state index in [9.17, 15) is 17.6 Å². The van der Waals surface area contributed by atoms with Crippen molar-refractivity contribution in [2.24, 2.45) is 0 Å². The van der Waals surface area contributed by atoms with Crippen molar-refractivity contribution in [1.82, 2.24) is 5.43 Å². The van der Waals surface area contributed by atoms with Crippen LogP contribution in [-0.4, -0.2) is 14.3 Å². The highest BCUT2D eigenvalue weighted by Crippen LogP contribution is 2.23. The Morgan fingerprint density at radius 2 is 1.57 bits per heavy atom. The fourth-order valence-corrected chi connectivity index (χ4v) is 3.58. The molecular weight excluding hydrogens is 405 g/mol. The largest absolute Gasteiger partial charge is 0.298 e. The predicted molar refractivity (Wildman–Crippen MR) is 106 cm³/mol. The molecule has 0 heterocycles. The Kier molecular flexibility index (Phi) is 5.81. The zero-order chi connectivity index (χ0) is 20.1. The van der Waals surface area contributed by atoms with Gasteiger partial charge in [-0.15, -0.1) is 0 Å². The second kappa shape index (κ2) is 8.28. The van der Waals surface area contributed by atoms with Crippen LogP contribution in [-0.2, 0) is 10.0 Å². The number of halogens is 2. The van der Waals surface area contributed by atoms with Gasteiger partial charge in [-0.1, -0.05) is 29.8 Å². The zero-order valence-corrected chi connectivity index (χ0v) is 15.9. The first kappa shape index (κ1) is 19.7. The van der Waals surface area contributed by atoms with Crippen molar-refractivity contribution in [2.45, 2.75) is 4.90 Å². The Bertz CT molecular complexity index is 1090. The molecule has 0 aliphatic carbocycles. The normalized spacial score (nSPS) is 10.9. The molecule has 0 aliphatic rings. The number of hydrazine groups is 1. The molecule has 0 spiro atoms. The molecule has 0 saturated heterocycles. The highest BCUT2D eigenvalue weighted by atomic mass is 35.5. The molecule has 28 heavy (non-hydrogen) atoms. The van der Waals surface area contributed by atoms with E-state index in [4.69, 9.17) is 11.6 Å². The number of carbonyl (C=O) groups is 1. The highest BCUT2D eigenvalue weighted by Gasteiger charge is 2.19. The average molecular weight is 420 g/mol. The van der Waals surface area contributed by atoms with Gasteiger partial charge in [0.25, 0.3) is 15.9 Å². The van der Waals surface area contributed by atoms with Crippen LogP contribution in [0.5, 0.6) is 0 Å². The molecule has 3 rings (SSSR count). The van der Waals surface area contributed by atoms with E-state index in [0.29, 0.717) is 5.69 Å². The molecule has 1 amide bonds. The summed E-state index contributed by atoms with van der Waals surface area (Å²) in [6.07, 6.45) is 0. The number of nitrogens with one attached hydrogen (secondary N) is 3. The first-order valence-corrected chi connectivity index (χ1v) is 9.90. The summed E-state index contributed by atoms with van der Waals surface area (Å²) >= 11 is 6.06. The molecule has 144 valence electrons. The van der Waals surface area contributed by atoms with Gasteiger partial charge in [0.05, 0.1) is 21.2 Å². The summed E-state index contributed by atoms with van der Waals surface area (Å²) in [6, 6.07) is 17.5. The number of hydrogen-bond donors (Lipinski definition) is 3. The van der Waals surface area contributed by atoms with E-state index in [2.05, 4.69) is 15.6 Å². The third-order valence-corrected chi connectivity index (χ3v) is 5.39. The van der Waals surface area contributed by atoms with Crippen molar-refractivity contribution in [3.8, 4) is 0 Å². The van der Waals surface area contributed by atoms with E-state index in [1.165, 1.54) is 24.3 Å². The molecule has 0 radical (unpaired) electrons. The van der Waals surface area contributed by atoms with Crippen LogP contribution < -0.4 is 15.6 Å². The molecule has 0 fully saturated rings. The maximum absolute atomic E-state index is 13.0. The smallest absolute Gasteiger partial charge is 0.271 e. The minimum Gasteiger partial charge on any atom is -0.298 e. The molecule has 0 unspecified atom stereocenters. The monoisotopic (exact) mass is 419 g/mol. The number of hydrogen-bond acceptors (Lipinski definition) is 4. The third-order valence-electron chi connectivity index (χ3n) is 3.68. The second-order valence-electron chi connectivity index (χ2n) is 5.70. The molecular formula is C19H15ClFN3O3S. The number of amides is 1. The Hall–Kier alpha value is -3.10. The van der Waals surface area contributed by atoms with Crippen molar-refractivity contribution in [3.63, 3.8) is 0 Å². The van der Waals surface area contributed by atoms with Crippen molar-refractivity contribution >= 4 is 38.9 Å². The molecule has 3 aromatic carbocycles. The van der Waals surface area contributed by atoms with Gasteiger partial charge >= 0.3 is 0 Å². The maximum Gasteiger partial charge on any atom is 0.271 e. The lowest BCUT2D eigenvalue weighted by Crippen LogP contribution is -2.29. The zero-order valence-electron chi connectivity index (χ0n) is 14.3. The fourth-order valence-electron chi connectivity index (χ4n) is 2.30. The van der Waals surface area contributed by atoms with Crippen LogP contribution in [0.4, 0.5) is 15.8 Å².